The lowest BCUT2D eigenvalue weighted by Gasteiger charge is -2.32. The van der Waals surface area contributed by atoms with Crippen LogP contribution < -0.4 is 16.0 Å². The van der Waals surface area contributed by atoms with Gasteiger partial charge in [-0.15, -0.1) is 0 Å². The van der Waals surface area contributed by atoms with Gasteiger partial charge in [-0.25, -0.2) is 0 Å². The Bertz CT molecular complexity index is 324. The molecule has 0 saturated carbocycles. The van der Waals surface area contributed by atoms with Gasteiger partial charge in [0.25, 0.3) is 0 Å². The summed E-state index contributed by atoms with van der Waals surface area (Å²) in [6, 6.07) is -0.350. The van der Waals surface area contributed by atoms with Crippen molar-refractivity contribution in [3.8, 4) is 0 Å². The predicted molar refractivity (Wildman–Crippen MR) is 61.4 cm³/mol. The number of carbonyl (C=O) groups is 2. The van der Waals surface area contributed by atoms with E-state index in [1.807, 2.05) is 13.8 Å². The van der Waals surface area contributed by atoms with Gasteiger partial charge in [-0.2, -0.15) is 0 Å². The van der Waals surface area contributed by atoms with Crippen molar-refractivity contribution < 1.29 is 14.3 Å². The maximum absolute atomic E-state index is 12.0. The average molecular weight is 241 g/mol. The number of amides is 2. The fraction of sp³-hybridized carbons (Fsp3) is 0.818. The summed E-state index contributed by atoms with van der Waals surface area (Å²) >= 11 is 0. The second-order valence-electron chi connectivity index (χ2n) is 4.91. The summed E-state index contributed by atoms with van der Waals surface area (Å²) < 4.78 is 5.47. The fourth-order valence-electron chi connectivity index (χ4n) is 2.12. The lowest BCUT2D eigenvalue weighted by atomic mass is 9.94. The highest BCUT2D eigenvalue weighted by molar-refractivity contribution is 5.87. The zero-order chi connectivity index (χ0) is 12.5. The minimum atomic E-state index is -0.350. The normalized spacial score (nSPS) is 37.6. The van der Waals surface area contributed by atoms with E-state index in [2.05, 4.69) is 16.0 Å². The summed E-state index contributed by atoms with van der Waals surface area (Å²) in [5.41, 5.74) is -0.305. The molecule has 17 heavy (non-hydrogen) atoms. The van der Waals surface area contributed by atoms with Crippen LogP contribution >= 0.6 is 0 Å². The molecule has 0 aromatic heterocycles. The largest absolute Gasteiger partial charge is 0.376 e. The molecule has 0 bridgehead atoms. The number of ether oxygens (including phenoxy) is 1. The first kappa shape index (κ1) is 12.3. The molecule has 2 rings (SSSR count). The maximum Gasteiger partial charge on any atom is 0.239 e. The maximum atomic E-state index is 12.0. The van der Waals surface area contributed by atoms with Crippen LogP contribution in [0.15, 0.2) is 0 Å². The number of piperazine rings is 1. The third kappa shape index (κ3) is 2.58. The summed E-state index contributed by atoms with van der Waals surface area (Å²) in [5.74, 6) is -0.150. The first-order chi connectivity index (χ1) is 8.01. The van der Waals surface area contributed by atoms with Crippen LogP contribution in [-0.2, 0) is 14.3 Å². The van der Waals surface area contributed by atoms with Gasteiger partial charge in [0.15, 0.2) is 0 Å². The third-order valence-corrected chi connectivity index (χ3v) is 3.62. The average Bonchev–Trinajstić information content (AvgIpc) is 2.60. The Morgan fingerprint density at radius 2 is 2.35 bits per heavy atom. The quantitative estimate of drug-likeness (QED) is 0.565. The molecule has 2 saturated heterocycles. The van der Waals surface area contributed by atoms with Crippen molar-refractivity contribution >= 4 is 11.8 Å². The topological polar surface area (TPSA) is 79.5 Å². The fourth-order valence-corrected chi connectivity index (χ4v) is 2.12. The minimum Gasteiger partial charge on any atom is -0.376 e. The second-order valence-corrected chi connectivity index (χ2v) is 4.91. The molecule has 2 amide bonds. The SMILES string of the molecule is CC1OCCC1(C)NC(=O)C1CNC(=O)CN1. The van der Waals surface area contributed by atoms with Crippen LogP contribution in [0.5, 0.6) is 0 Å². The molecule has 0 radical (unpaired) electrons. The van der Waals surface area contributed by atoms with Crippen LogP contribution in [0.25, 0.3) is 0 Å². The van der Waals surface area contributed by atoms with Crippen molar-refractivity contribution in [3.05, 3.63) is 0 Å². The van der Waals surface area contributed by atoms with Crippen molar-refractivity contribution in [1.29, 1.82) is 0 Å². The van der Waals surface area contributed by atoms with Gasteiger partial charge in [0.2, 0.25) is 11.8 Å². The molecule has 3 N–H and O–H groups in total. The zero-order valence-corrected chi connectivity index (χ0v) is 10.2. The van der Waals surface area contributed by atoms with Crippen LogP contribution in [-0.4, -0.2) is 49.2 Å². The molecular formula is C11H19N3O3. The van der Waals surface area contributed by atoms with Crippen molar-refractivity contribution in [2.24, 2.45) is 0 Å². The summed E-state index contributed by atoms with van der Waals surface area (Å²) in [5, 5.41) is 8.59. The molecule has 3 atom stereocenters. The molecule has 2 aliphatic rings. The first-order valence-electron chi connectivity index (χ1n) is 5.95. The van der Waals surface area contributed by atoms with Gasteiger partial charge in [0, 0.05) is 13.2 Å². The molecule has 3 unspecified atom stereocenters. The third-order valence-electron chi connectivity index (χ3n) is 3.62. The van der Waals surface area contributed by atoms with E-state index in [1.165, 1.54) is 0 Å². The van der Waals surface area contributed by atoms with Gasteiger partial charge in [0.1, 0.15) is 6.04 Å². The van der Waals surface area contributed by atoms with Crippen LogP contribution in [0.4, 0.5) is 0 Å². The van der Waals surface area contributed by atoms with Crippen LogP contribution in [0.3, 0.4) is 0 Å². The van der Waals surface area contributed by atoms with E-state index >= 15 is 0 Å². The Labute approximate surface area is 100 Å². The molecule has 6 nitrogen and oxygen atoms in total. The van der Waals surface area contributed by atoms with E-state index in [0.29, 0.717) is 13.2 Å². The summed E-state index contributed by atoms with van der Waals surface area (Å²) in [4.78, 5) is 23.0. The van der Waals surface area contributed by atoms with E-state index in [9.17, 15) is 9.59 Å². The van der Waals surface area contributed by atoms with Crippen LogP contribution in [0, 0.1) is 0 Å². The zero-order valence-electron chi connectivity index (χ0n) is 10.2. The Kier molecular flexibility index (Phi) is 3.35. The second kappa shape index (κ2) is 4.62. The van der Waals surface area contributed by atoms with E-state index in [0.717, 1.165) is 6.42 Å². The van der Waals surface area contributed by atoms with Crippen molar-refractivity contribution in [2.45, 2.75) is 38.0 Å². The highest BCUT2D eigenvalue weighted by Gasteiger charge is 2.39. The van der Waals surface area contributed by atoms with E-state index in [1.54, 1.807) is 0 Å². The molecule has 6 heteroatoms. The molecular weight excluding hydrogens is 222 g/mol. The lowest BCUT2D eigenvalue weighted by Crippen LogP contribution is -2.62. The summed E-state index contributed by atoms with van der Waals surface area (Å²) in [6.45, 7) is 5.16. The van der Waals surface area contributed by atoms with Gasteiger partial charge in [-0.1, -0.05) is 0 Å². The Morgan fingerprint density at radius 1 is 1.59 bits per heavy atom. The number of rotatable bonds is 2. The van der Waals surface area contributed by atoms with Crippen molar-refractivity contribution in [1.82, 2.24) is 16.0 Å². The van der Waals surface area contributed by atoms with Crippen LogP contribution in [0.1, 0.15) is 20.3 Å². The number of hydrogen-bond acceptors (Lipinski definition) is 4. The molecule has 2 aliphatic heterocycles. The molecule has 0 spiro atoms. The summed E-state index contributed by atoms with van der Waals surface area (Å²) in [7, 11) is 0. The molecule has 0 aromatic carbocycles. The molecule has 96 valence electrons. The molecule has 2 heterocycles. The van der Waals surface area contributed by atoms with E-state index < -0.39 is 0 Å². The Balaban J connectivity index is 1.90. The van der Waals surface area contributed by atoms with Gasteiger partial charge >= 0.3 is 0 Å². The standard InChI is InChI=1S/C11H19N3O3/c1-7-11(2,3-4-17-7)14-10(16)8-5-13-9(15)6-12-8/h7-8,12H,3-6H2,1-2H3,(H,13,15)(H,14,16). The van der Waals surface area contributed by atoms with E-state index in [-0.39, 0.29) is 36.0 Å². The van der Waals surface area contributed by atoms with Crippen LogP contribution in [0.2, 0.25) is 0 Å². The summed E-state index contributed by atoms with van der Waals surface area (Å²) in [6.07, 6.45) is 0.837. The van der Waals surface area contributed by atoms with E-state index in [4.69, 9.17) is 4.74 Å². The lowest BCUT2D eigenvalue weighted by molar-refractivity contribution is -0.128. The van der Waals surface area contributed by atoms with Gasteiger partial charge in [-0.05, 0) is 20.3 Å². The minimum absolute atomic E-state index is 0.0182. The van der Waals surface area contributed by atoms with Gasteiger partial charge in [-0.3, -0.25) is 14.9 Å². The number of hydrogen-bond donors (Lipinski definition) is 3. The Morgan fingerprint density at radius 3 is 2.88 bits per heavy atom. The van der Waals surface area contributed by atoms with Crippen molar-refractivity contribution in [3.63, 3.8) is 0 Å². The molecule has 2 fully saturated rings. The monoisotopic (exact) mass is 241 g/mol. The highest BCUT2D eigenvalue weighted by atomic mass is 16.5. The predicted octanol–water partition coefficient (Wildman–Crippen LogP) is -1.24. The number of nitrogens with one attached hydrogen (secondary N) is 3. The first-order valence-corrected chi connectivity index (χ1v) is 5.95. The molecule has 0 aliphatic carbocycles. The van der Waals surface area contributed by atoms with Crippen molar-refractivity contribution in [2.75, 3.05) is 19.7 Å². The Hall–Kier alpha value is -1.14. The highest BCUT2D eigenvalue weighted by Crippen LogP contribution is 2.25. The van der Waals surface area contributed by atoms with Gasteiger partial charge < -0.3 is 15.4 Å². The number of carbonyl (C=O) groups excluding carboxylic acids is 2. The smallest absolute Gasteiger partial charge is 0.239 e. The molecule has 0 aromatic rings. The van der Waals surface area contributed by atoms with Gasteiger partial charge in [0.05, 0.1) is 18.2 Å².